The first-order chi connectivity index (χ1) is 10.3. The molecular formula is C16H31N3O4. The van der Waals surface area contributed by atoms with Crippen molar-refractivity contribution in [1.82, 2.24) is 15.8 Å². The average molecular weight is 329 g/mol. The van der Waals surface area contributed by atoms with Crippen LogP contribution in [-0.4, -0.2) is 47.0 Å². The van der Waals surface area contributed by atoms with E-state index >= 15 is 0 Å². The minimum absolute atomic E-state index is 0.523. The zero-order chi connectivity index (χ0) is 17.9. The van der Waals surface area contributed by atoms with E-state index in [4.69, 9.17) is 9.47 Å². The van der Waals surface area contributed by atoms with Crippen molar-refractivity contribution >= 4 is 12.2 Å². The molecule has 0 aliphatic carbocycles. The molecule has 0 spiro atoms. The number of piperidine rings is 1. The molecular weight excluding hydrogens is 298 g/mol. The lowest BCUT2D eigenvalue weighted by molar-refractivity contribution is -0.0349. The summed E-state index contributed by atoms with van der Waals surface area (Å²) in [6.45, 7) is 14.2. The maximum atomic E-state index is 12.6. The number of hydrogen-bond donors (Lipinski definition) is 2. The van der Waals surface area contributed by atoms with E-state index in [0.717, 1.165) is 13.1 Å². The van der Waals surface area contributed by atoms with Crippen LogP contribution in [0.25, 0.3) is 0 Å². The van der Waals surface area contributed by atoms with Crippen LogP contribution in [0.5, 0.6) is 0 Å². The maximum absolute atomic E-state index is 12.6. The van der Waals surface area contributed by atoms with Gasteiger partial charge >= 0.3 is 12.2 Å². The van der Waals surface area contributed by atoms with Crippen LogP contribution in [0.15, 0.2) is 0 Å². The third-order valence-corrected chi connectivity index (χ3v) is 3.40. The fourth-order valence-corrected chi connectivity index (χ4v) is 2.29. The molecule has 134 valence electrons. The van der Waals surface area contributed by atoms with E-state index in [1.54, 1.807) is 41.5 Å². The summed E-state index contributed by atoms with van der Waals surface area (Å²) in [5, 5.41) is 4.54. The Hall–Kier alpha value is -1.50. The summed E-state index contributed by atoms with van der Waals surface area (Å²) in [5.74, 6) is 0. The molecule has 2 N–H and O–H groups in total. The summed E-state index contributed by atoms with van der Waals surface area (Å²) in [6.07, 6.45) is 0.181. The zero-order valence-electron chi connectivity index (χ0n) is 15.4. The Bertz CT molecular complexity index is 432. The van der Waals surface area contributed by atoms with Crippen LogP contribution in [0, 0.1) is 0 Å². The Labute approximate surface area is 139 Å². The molecule has 0 atom stereocenters. The molecule has 0 unspecified atom stereocenters. The molecule has 1 saturated heterocycles. The normalized spacial score (nSPS) is 18.0. The van der Waals surface area contributed by atoms with Crippen molar-refractivity contribution < 1.29 is 19.1 Å². The zero-order valence-corrected chi connectivity index (χ0v) is 15.4. The van der Waals surface area contributed by atoms with Crippen molar-refractivity contribution in [1.29, 1.82) is 0 Å². The third-order valence-electron chi connectivity index (χ3n) is 3.40. The second-order valence-electron chi connectivity index (χ2n) is 8.18. The Morgan fingerprint density at radius 3 is 1.91 bits per heavy atom. The molecule has 0 aromatic carbocycles. The quantitative estimate of drug-likeness (QED) is 0.723. The number of hydrazine groups is 1. The lowest BCUT2D eigenvalue weighted by atomic mass is 9.90. The smallest absolute Gasteiger partial charge is 0.429 e. The number of amides is 2. The van der Waals surface area contributed by atoms with Crippen molar-refractivity contribution in [2.75, 3.05) is 13.1 Å². The Morgan fingerprint density at radius 2 is 1.48 bits per heavy atom. The average Bonchev–Trinajstić information content (AvgIpc) is 2.32. The summed E-state index contributed by atoms with van der Waals surface area (Å²) in [7, 11) is 0. The summed E-state index contributed by atoms with van der Waals surface area (Å²) in [4.78, 5) is 24.7. The highest BCUT2D eigenvalue weighted by Gasteiger charge is 2.40. The standard InChI is InChI=1S/C16H31N3O4/c1-14(2,3)22-12(20)18-19(13(21)23-15(4,5)6)16(7)8-10-17-11-9-16/h17H,8-11H2,1-7H3,(H,18,20). The summed E-state index contributed by atoms with van der Waals surface area (Å²) in [6, 6.07) is 0. The molecule has 2 amide bonds. The van der Waals surface area contributed by atoms with E-state index in [9.17, 15) is 9.59 Å². The van der Waals surface area contributed by atoms with Crippen molar-refractivity contribution in [3.05, 3.63) is 0 Å². The second-order valence-corrected chi connectivity index (χ2v) is 8.18. The predicted molar refractivity (Wildman–Crippen MR) is 88.0 cm³/mol. The Morgan fingerprint density at radius 1 is 1.00 bits per heavy atom. The Kier molecular flexibility index (Phi) is 5.90. The minimum atomic E-state index is -0.664. The van der Waals surface area contributed by atoms with E-state index < -0.39 is 28.9 Å². The van der Waals surface area contributed by atoms with Crippen LogP contribution >= 0.6 is 0 Å². The van der Waals surface area contributed by atoms with E-state index in [1.807, 2.05) is 6.92 Å². The fourth-order valence-electron chi connectivity index (χ4n) is 2.29. The van der Waals surface area contributed by atoms with Crippen LogP contribution in [0.4, 0.5) is 9.59 Å². The van der Waals surface area contributed by atoms with Crippen LogP contribution < -0.4 is 10.7 Å². The molecule has 1 fully saturated rings. The monoisotopic (exact) mass is 329 g/mol. The van der Waals surface area contributed by atoms with Crippen LogP contribution in [0.3, 0.4) is 0 Å². The number of carbonyl (C=O) groups excluding carboxylic acids is 2. The minimum Gasteiger partial charge on any atom is -0.443 e. The molecule has 1 rings (SSSR count). The van der Waals surface area contributed by atoms with Gasteiger partial charge in [0, 0.05) is 0 Å². The number of nitrogens with zero attached hydrogens (tertiary/aromatic N) is 1. The Balaban J connectivity index is 2.92. The number of rotatable bonds is 1. The molecule has 1 aliphatic rings. The van der Waals surface area contributed by atoms with Crippen LogP contribution in [0.1, 0.15) is 61.3 Å². The molecule has 0 bridgehead atoms. The van der Waals surface area contributed by atoms with Gasteiger partial charge < -0.3 is 14.8 Å². The van der Waals surface area contributed by atoms with Gasteiger partial charge in [-0.25, -0.2) is 20.0 Å². The van der Waals surface area contributed by atoms with Gasteiger partial charge in [0.2, 0.25) is 0 Å². The first-order valence-corrected chi connectivity index (χ1v) is 8.06. The van der Waals surface area contributed by atoms with Gasteiger partial charge in [0.1, 0.15) is 11.2 Å². The van der Waals surface area contributed by atoms with Gasteiger partial charge in [-0.15, -0.1) is 0 Å². The maximum Gasteiger partial charge on any atom is 0.429 e. The molecule has 0 radical (unpaired) electrons. The molecule has 1 heterocycles. The third kappa shape index (κ3) is 6.64. The van der Waals surface area contributed by atoms with Gasteiger partial charge in [-0.05, 0) is 74.4 Å². The predicted octanol–water partition coefficient (Wildman–Crippen LogP) is 2.81. The van der Waals surface area contributed by atoms with Crippen molar-refractivity contribution in [2.24, 2.45) is 0 Å². The molecule has 0 saturated carbocycles. The van der Waals surface area contributed by atoms with Gasteiger partial charge in [0.15, 0.2) is 0 Å². The van der Waals surface area contributed by atoms with Gasteiger partial charge in [-0.2, -0.15) is 0 Å². The summed E-state index contributed by atoms with van der Waals surface area (Å²) < 4.78 is 10.7. The number of hydrogen-bond acceptors (Lipinski definition) is 5. The lowest BCUT2D eigenvalue weighted by Gasteiger charge is -2.43. The van der Waals surface area contributed by atoms with E-state index in [2.05, 4.69) is 10.7 Å². The molecule has 7 nitrogen and oxygen atoms in total. The fraction of sp³-hybridized carbons (Fsp3) is 0.875. The second kappa shape index (κ2) is 6.95. The van der Waals surface area contributed by atoms with Gasteiger partial charge in [0.05, 0.1) is 5.54 Å². The largest absolute Gasteiger partial charge is 0.443 e. The highest BCUT2D eigenvalue weighted by atomic mass is 16.6. The van der Waals surface area contributed by atoms with Gasteiger partial charge in [0.25, 0.3) is 0 Å². The van der Waals surface area contributed by atoms with Crippen molar-refractivity contribution in [3.63, 3.8) is 0 Å². The molecule has 23 heavy (non-hydrogen) atoms. The SMILES string of the molecule is CC(C)(C)OC(=O)NN(C(=O)OC(C)(C)C)C1(C)CCNCC1. The van der Waals surface area contributed by atoms with Gasteiger partial charge in [-0.1, -0.05) is 0 Å². The van der Waals surface area contributed by atoms with Crippen molar-refractivity contribution in [2.45, 2.75) is 78.0 Å². The first-order valence-electron chi connectivity index (χ1n) is 8.06. The van der Waals surface area contributed by atoms with E-state index in [0.29, 0.717) is 12.8 Å². The number of carbonyl (C=O) groups is 2. The summed E-state index contributed by atoms with van der Waals surface area (Å²) in [5.41, 5.74) is 0.768. The van der Waals surface area contributed by atoms with E-state index in [1.165, 1.54) is 5.01 Å². The number of ether oxygens (including phenoxy) is 2. The molecule has 1 aliphatic heterocycles. The van der Waals surface area contributed by atoms with E-state index in [-0.39, 0.29) is 0 Å². The van der Waals surface area contributed by atoms with Crippen LogP contribution in [0.2, 0.25) is 0 Å². The molecule has 0 aromatic heterocycles. The van der Waals surface area contributed by atoms with Crippen molar-refractivity contribution in [3.8, 4) is 0 Å². The summed E-state index contributed by atoms with van der Waals surface area (Å²) >= 11 is 0. The lowest BCUT2D eigenvalue weighted by Crippen LogP contribution is -2.62. The van der Waals surface area contributed by atoms with Gasteiger partial charge in [-0.3, -0.25) is 0 Å². The highest BCUT2D eigenvalue weighted by Crippen LogP contribution is 2.26. The first kappa shape index (κ1) is 19.5. The number of nitrogens with one attached hydrogen (secondary N) is 2. The van der Waals surface area contributed by atoms with Crippen LogP contribution in [-0.2, 0) is 9.47 Å². The topological polar surface area (TPSA) is 79.9 Å². The molecule has 0 aromatic rings. The highest BCUT2D eigenvalue weighted by molar-refractivity contribution is 5.75. The molecule has 7 heteroatoms.